The fraction of sp³-hybridized carbons (Fsp3) is 0.143. The van der Waals surface area contributed by atoms with Crippen molar-refractivity contribution in [2.45, 2.75) is 6.17 Å². The monoisotopic (exact) mass is 318 g/mol. The summed E-state index contributed by atoms with van der Waals surface area (Å²) in [7, 11) is 0. The molecule has 0 saturated heterocycles. The second-order valence-electron chi connectivity index (χ2n) is 5.90. The van der Waals surface area contributed by atoms with E-state index in [1.165, 1.54) is 11.1 Å². The molecule has 2 nitrogen and oxygen atoms in total. The Balaban J connectivity index is 1.84. The molecule has 0 bridgehead atoms. The third kappa shape index (κ3) is 2.52. The van der Waals surface area contributed by atoms with Crippen molar-refractivity contribution in [1.82, 2.24) is 0 Å². The molecule has 0 spiro atoms. The lowest BCUT2D eigenvalue weighted by Gasteiger charge is -2.40. The molecule has 3 aromatic rings. The molecule has 0 amide bonds. The van der Waals surface area contributed by atoms with Crippen molar-refractivity contribution in [3.8, 4) is 11.1 Å². The van der Waals surface area contributed by atoms with Crippen LogP contribution in [0.3, 0.4) is 0 Å². The van der Waals surface area contributed by atoms with Crippen LogP contribution in [0, 0.1) is 0 Å². The maximum Gasteiger partial charge on any atom is 0.126 e. The molecule has 0 fully saturated rings. The van der Waals surface area contributed by atoms with E-state index in [-0.39, 0.29) is 12.8 Å². The molecule has 0 saturated carbocycles. The highest BCUT2D eigenvalue weighted by Crippen LogP contribution is 2.44. The second-order valence-corrected chi connectivity index (χ2v) is 5.90. The van der Waals surface area contributed by atoms with Gasteiger partial charge in [0.1, 0.15) is 12.8 Å². The van der Waals surface area contributed by atoms with E-state index in [9.17, 15) is 4.39 Å². The fourth-order valence-electron chi connectivity index (χ4n) is 3.43. The molecule has 1 unspecified atom stereocenters. The normalized spacial score (nSPS) is 15.5. The number of anilines is 2. The van der Waals surface area contributed by atoms with Gasteiger partial charge in [-0.2, -0.15) is 0 Å². The average molecular weight is 318 g/mol. The minimum Gasteiger partial charge on any atom is -0.361 e. The quantitative estimate of drug-likeness (QED) is 0.706. The fourth-order valence-corrected chi connectivity index (χ4v) is 3.43. The van der Waals surface area contributed by atoms with Gasteiger partial charge in [0.25, 0.3) is 0 Å². The summed E-state index contributed by atoms with van der Waals surface area (Å²) in [6.45, 7) is -0.0285. The highest BCUT2D eigenvalue weighted by molar-refractivity contribution is 5.85. The lowest BCUT2D eigenvalue weighted by atomic mass is 9.91. The van der Waals surface area contributed by atoms with Gasteiger partial charge in [-0.15, -0.1) is 0 Å². The minimum atomic E-state index is -0.385. The standard InChI is InChI=1S/C21H19FN2/c22-14-15-24-20-13-7-6-11-18(20)17-10-4-5-12-19(17)21(24)23-16-8-2-1-3-9-16/h1-13,21,23H,14-15H2. The van der Waals surface area contributed by atoms with E-state index in [2.05, 4.69) is 40.5 Å². The van der Waals surface area contributed by atoms with Crippen LogP contribution in [-0.4, -0.2) is 13.2 Å². The number of benzene rings is 3. The Morgan fingerprint density at radius 3 is 2.25 bits per heavy atom. The van der Waals surface area contributed by atoms with E-state index >= 15 is 0 Å². The summed E-state index contributed by atoms with van der Waals surface area (Å²) in [4.78, 5) is 2.12. The highest BCUT2D eigenvalue weighted by Gasteiger charge is 2.30. The Kier molecular flexibility index (Phi) is 3.91. The van der Waals surface area contributed by atoms with Crippen LogP contribution >= 0.6 is 0 Å². The van der Waals surface area contributed by atoms with Crippen LogP contribution < -0.4 is 10.2 Å². The summed E-state index contributed by atoms with van der Waals surface area (Å²) in [5.74, 6) is 0. The summed E-state index contributed by atoms with van der Waals surface area (Å²) in [6.07, 6.45) is -0.0887. The first-order valence-electron chi connectivity index (χ1n) is 8.21. The smallest absolute Gasteiger partial charge is 0.126 e. The molecule has 1 N–H and O–H groups in total. The van der Waals surface area contributed by atoms with Crippen molar-refractivity contribution in [3.63, 3.8) is 0 Å². The van der Waals surface area contributed by atoms with Crippen LogP contribution in [0.2, 0.25) is 0 Å². The van der Waals surface area contributed by atoms with Gasteiger partial charge in [-0.1, -0.05) is 60.7 Å². The van der Waals surface area contributed by atoms with Crippen LogP contribution in [0.1, 0.15) is 11.7 Å². The first-order chi connectivity index (χ1) is 11.9. The molecule has 24 heavy (non-hydrogen) atoms. The van der Waals surface area contributed by atoms with Crippen molar-refractivity contribution in [2.75, 3.05) is 23.4 Å². The van der Waals surface area contributed by atoms with Crippen molar-refractivity contribution >= 4 is 11.4 Å². The molecule has 0 aromatic heterocycles. The van der Waals surface area contributed by atoms with Gasteiger partial charge >= 0.3 is 0 Å². The molecule has 3 aromatic carbocycles. The predicted octanol–water partition coefficient (Wildman–Crippen LogP) is 5.25. The zero-order valence-electron chi connectivity index (χ0n) is 13.3. The van der Waals surface area contributed by atoms with Crippen molar-refractivity contribution in [1.29, 1.82) is 0 Å². The Labute approximate surface area is 141 Å². The number of alkyl halides is 1. The number of halogens is 1. The van der Waals surface area contributed by atoms with E-state index in [1.807, 2.05) is 48.5 Å². The zero-order chi connectivity index (χ0) is 16.4. The lowest BCUT2D eigenvalue weighted by molar-refractivity contribution is 0.478. The van der Waals surface area contributed by atoms with Gasteiger partial charge in [-0.25, -0.2) is 4.39 Å². The van der Waals surface area contributed by atoms with Crippen LogP contribution in [0.5, 0.6) is 0 Å². The number of rotatable bonds is 4. The maximum atomic E-state index is 13.3. The van der Waals surface area contributed by atoms with E-state index in [4.69, 9.17) is 0 Å². The molecule has 1 heterocycles. The summed E-state index contributed by atoms with van der Waals surface area (Å²) in [5, 5.41) is 3.57. The molecule has 0 radical (unpaired) electrons. The Hall–Kier alpha value is -2.81. The molecule has 0 aliphatic carbocycles. The largest absolute Gasteiger partial charge is 0.361 e. The maximum absolute atomic E-state index is 13.3. The number of fused-ring (bicyclic) bond motifs is 3. The van der Waals surface area contributed by atoms with Crippen LogP contribution in [0.25, 0.3) is 11.1 Å². The minimum absolute atomic E-state index is 0.0887. The van der Waals surface area contributed by atoms with Gasteiger partial charge in [0.05, 0.1) is 0 Å². The topological polar surface area (TPSA) is 15.3 Å². The molecule has 120 valence electrons. The third-order valence-corrected chi connectivity index (χ3v) is 4.47. The van der Waals surface area contributed by atoms with E-state index in [0.717, 1.165) is 16.9 Å². The van der Waals surface area contributed by atoms with E-state index < -0.39 is 0 Å². The van der Waals surface area contributed by atoms with Gasteiger partial charge in [-0.3, -0.25) is 0 Å². The SMILES string of the molecule is FCCN1c2ccccc2-c2ccccc2C1Nc1ccccc1. The van der Waals surface area contributed by atoms with E-state index in [0.29, 0.717) is 6.54 Å². The summed E-state index contributed by atoms with van der Waals surface area (Å²) in [5.41, 5.74) is 5.64. The molecule has 1 aliphatic heterocycles. The molecule has 1 atom stereocenters. The van der Waals surface area contributed by atoms with Gasteiger partial charge in [0.15, 0.2) is 0 Å². The van der Waals surface area contributed by atoms with Crippen molar-refractivity contribution in [3.05, 3.63) is 84.4 Å². The average Bonchev–Trinajstić information content (AvgIpc) is 2.65. The predicted molar refractivity (Wildman–Crippen MR) is 98.0 cm³/mol. The Bertz CT molecular complexity index is 832. The number of hydrogen-bond donors (Lipinski definition) is 1. The highest BCUT2D eigenvalue weighted by atomic mass is 19.1. The first-order valence-corrected chi connectivity index (χ1v) is 8.21. The number of para-hydroxylation sites is 2. The molecule has 1 aliphatic rings. The van der Waals surface area contributed by atoms with Gasteiger partial charge in [-0.05, 0) is 23.8 Å². The van der Waals surface area contributed by atoms with Crippen LogP contribution in [0.15, 0.2) is 78.9 Å². The van der Waals surface area contributed by atoms with Crippen molar-refractivity contribution in [2.24, 2.45) is 0 Å². The molecular formula is C21H19FN2. The zero-order valence-corrected chi connectivity index (χ0v) is 13.3. The number of hydrogen-bond acceptors (Lipinski definition) is 2. The molecular weight excluding hydrogens is 299 g/mol. The lowest BCUT2D eigenvalue weighted by Crippen LogP contribution is -2.38. The van der Waals surface area contributed by atoms with Crippen LogP contribution in [0.4, 0.5) is 15.8 Å². The summed E-state index contributed by atoms with van der Waals surface area (Å²) < 4.78 is 13.3. The van der Waals surface area contributed by atoms with Gasteiger partial charge in [0.2, 0.25) is 0 Å². The summed E-state index contributed by atoms with van der Waals surface area (Å²) in [6, 6.07) is 26.7. The molecule has 4 rings (SSSR count). The Morgan fingerprint density at radius 2 is 1.46 bits per heavy atom. The second kappa shape index (κ2) is 6.36. The number of nitrogens with one attached hydrogen (secondary N) is 1. The van der Waals surface area contributed by atoms with Crippen molar-refractivity contribution < 1.29 is 4.39 Å². The van der Waals surface area contributed by atoms with E-state index in [1.54, 1.807) is 0 Å². The summed E-state index contributed by atoms with van der Waals surface area (Å²) >= 11 is 0. The third-order valence-electron chi connectivity index (χ3n) is 4.47. The Morgan fingerprint density at radius 1 is 0.792 bits per heavy atom. The van der Waals surface area contributed by atoms with Gasteiger partial charge < -0.3 is 10.2 Å². The van der Waals surface area contributed by atoms with Gasteiger partial charge in [0, 0.05) is 29.0 Å². The molecule has 3 heteroatoms. The number of nitrogens with zero attached hydrogens (tertiary/aromatic N) is 1. The van der Waals surface area contributed by atoms with Crippen LogP contribution in [-0.2, 0) is 0 Å². The first kappa shape index (κ1) is 14.8.